The number of fused-ring (bicyclic) bond motifs is 11. The number of nitrogens with zero attached hydrogens (tertiary/aromatic N) is 4. The monoisotopic (exact) mass is 1280 g/mol. The predicted octanol–water partition coefficient (Wildman–Crippen LogP) is 26.5. The van der Waals surface area contributed by atoms with Gasteiger partial charge in [-0.15, -0.1) is 0 Å². The Balaban J connectivity index is 0.805. The van der Waals surface area contributed by atoms with Gasteiger partial charge in [0.1, 0.15) is 0 Å². The Morgan fingerprint density at radius 2 is 0.747 bits per heavy atom. The Morgan fingerprint density at radius 1 is 0.293 bits per heavy atom. The van der Waals surface area contributed by atoms with Gasteiger partial charge < -0.3 is 18.9 Å². The summed E-state index contributed by atoms with van der Waals surface area (Å²) in [6, 6.07) is 114. The van der Waals surface area contributed by atoms with Crippen molar-refractivity contribution >= 4 is 88.5 Å². The largest absolute Gasteiger partial charge is 0.310 e. The summed E-state index contributed by atoms with van der Waals surface area (Å²) in [6.07, 6.45) is 0. The van der Waals surface area contributed by atoms with Crippen molar-refractivity contribution < 1.29 is 0 Å². The van der Waals surface area contributed by atoms with Gasteiger partial charge in [-0.25, -0.2) is 0 Å². The average molecular weight is 1280 g/mol. The number of aromatic nitrogens is 2. The van der Waals surface area contributed by atoms with Crippen LogP contribution in [-0.4, -0.2) is 9.13 Å². The number of benzene rings is 14. The fourth-order valence-electron chi connectivity index (χ4n) is 15.9. The van der Waals surface area contributed by atoms with E-state index in [9.17, 15) is 0 Å². The van der Waals surface area contributed by atoms with E-state index in [0.29, 0.717) is 0 Å². The fourth-order valence-corrected chi connectivity index (χ4v) is 15.9. The van der Waals surface area contributed by atoms with E-state index in [-0.39, 0.29) is 10.8 Å². The molecule has 4 heteroatoms. The zero-order valence-electron chi connectivity index (χ0n) is 58.2. The summed E-state index contributed by atoms with van der Waals surface area (Å²) in [5, 5.41) is 7.45. The number of hydrogen-bond donors (Lipinski definition) is 0. The highest BCUT2D eigenvalue weighted by atomic mass is 15.2. The van der Waals surface area contributed by atoms with Crippen molar-refractivity contribution in [2.75, 3.05) is 9.80 Å². The Bertz CT molecular complexity index is 5670. The van der Waals surface area contributed by atoms with Gasteiger partial charge in [-0.3, -0.25) is 0 Å². The first-order chi connectivity index (χ1) is 47.9. The lowest BCUT2D eigenvalue weighted by atomic mass is 9.81. The normalized spacial score (nSPS) is 12.8. The van der Waals surface area contributed by atoms with Crippen molar-refractivity contribution in [3.8, 4) is 55.9 Å². The van der Waals surface area contributed by atoms with Gasteiger partial charge in [-0.05, 0) is 230 Å². The summed E-state index contributed by atoms with van der Waals surface area (Å²) in [6.45, 7) is 23.2. The molecule has 0 radical (unpaired) electrons. The van der Waals surface area contributed by atoms with Gasteiger partial charge in [-0.1, -0.05) is 237 Å². The van der Waals surface area contributed by atoms with Crippen molar-refractivity contribution in [1.29, 1.82) is 0 Å². The van der Waals surface area contributed by atoms with E-state index in [1.54, 1.807) is 0 Å². The molecule has 0 atom stereocenters. The minimum atomic E-state index is -0.404. The molecular weight excluding hydrogens is 1200 g/mol. The van der Waals surface area contributed by atoms with E-state index in [4.69, 9.17) is 0 Å². The molecule has 0 unspecified atom stereocenters. The van der Waals surface area contributed by atoms with E-state index < -0.39 is 5.41 Å². The topological polar surface area (TPSA) is 16.3 Å². The maximum atomic E-state index is 2.53. The Hall–Kier alpha value is -11.5. The van der Waals surface area contributed by atoms with Gasteiger partial charge in [0.05, 0.1) is 27.8 Å². The zero-order chi connectivity index (χ0) is 67.6. The molecule has 0 N–H and O–H groups in total. The molecule has 0 spiro atoms. The van der Waals surface area contributed by atoms with Crippen LogP contribution in [0.2, 0.25) is 0 Å². The maximum Gasteiger partial charge on any atom is 0.0543 e. The van der Waals surface area contributed by atoms with E-state index in [2.05, 4.69) is 391 Å². The quantitative estimate of drug-likeness (QED) is 0.128. The molecule has 1 aliphatic rings. The molecule has 0 aliphatic heterocycles. The predicted molar refractivity (Wildman–Crippen MR) is 423 cm³/mol. The van der Waals surface area contributed by atoms with E-state index >= 15 is 0 Å². The molecule has 480 valence electrons. The van der Waals surface area contributed by atoms with Gasteiger partial charge in [0.15, 0.2) is 0 Å². The van der Waals surface area contributed by atoms with Crippen molar-refractivity contribution in [2.45, 2.75) is 85.5 Å². The molecule has 99 heavy (non-hydrogen) atoms. The number of anilines is 6. The van der Waals surface area contributed by atoms with Gasteiger partial charge >= 0.3 is 0 Å². The summed E-state index contributed by atoms with van der Waals surface area (Å²) < 4.78 is 4.94. The minimum Gasteiger partial charge on any atom is -0.310 e. The molecule has 0 bridgehead atoms. The lowest BCUT2D eigenvalue weighted by Gasteiger charge is -2.31. The standard InChI is InChI=1S/C95H80N4/c1-61-33-48-86(62(2)53-61)97(72-42-44-73(45-43-72)98-89-51-38-69(93(3,4)5)56-82(89)83-57-70(94(6,7)8)39-52-90(83)98)91-60-85-92(78-32-21-20-31-77(78)91)79-47-46-76(59-84(79)95(85,9)10)96(71-40-34-66(35-41-71)63-23-14-11-15-24-63)74-29-22-30-75(58-74)99-87-49-36-67(64-25-16-12-17-26-64)54-80(87)81-55-68(37-50-88(81)99)65-27-18-13-19-28-65/h11-60H,1-10H3. The molecular formula is C95H80N4. The summed E-state index contributed by atoms with van der Waals surface area (Å²) in [4.78, 5) is 4.99. The Labute approximate surface area is 582 Å². The highest BCUT2D eigenvalue weighted by Gasteiger charge is 2.39. The van der Waals surface area contributed by atoms with Crippen LogP contribution in [0.3, 0.4) is 0 Å². The van der Waals surface area contributed by atoms with Crippen LogP contribution < -0.4 is 9.80 Å². The molecule has 17 rings (SSSR count). The summed E-state index contributed by atoms with van der Waals surface area (Å²) >= 11 is 0. The molecule has 2 heterocycles. The molecule has 2 aromatic heterocycles. The fraction of sp³-hybridized carbons (Fsp3) is 0.137. The van der Waals surface area contributed by atoms with Crippen molar-refractivity contribution in [3.05, 3.63) is 337 Å². The van der Waals surface area contributed by atoms with Crippen molar-refractivity contribution in [3.63, 3.8) is 0 Å². The van der Waals surface area contributed by atoms with Crippen LogP contribution in [0.4, 0.5) is 34.1 Å². The highest BCUT2D eigenvalue weighted by molar-refractivity contribution is 6.14. The molecule has 14 aromatic carbocycles. The van der Waals surface area contributed by atoms with Crippen LogP contribution in [0.25, 0.3) is 110 Å². The lowest BCUT2D eigenvalue weighted by Crippen LogP contribution is -2.18. The minimum absolute atomic E-state index is 0.0130. The van der Waals surface area contributed by atoms with Gasteiger partial charge in [0, 0.05) is 72.2 Å². The first-order valence-electron chi connectivity index (χ1n) is 35.0. The van der Waals surface area contributed by atoms with Crippen LogP contribution in [0, 0.1) is 13.8 Å². The first kappa shape index (κ1) is 61.2. The zero-order valence-corrected chi connectivity index (χ0v) is 58.2. The van der Waals surface area contributed by atoms with Crippen molar-refractivity contribution in [2.24, 2.45) is 0 Å². The molecule has 0 saturated carbocycles. The van der Waals surface area contributed by atoms with E-state index in [1.807, 2.05) is 0 Å². The Kier molecular flexibility index (Phi) is 14.4. The molecule has 0 saturated heterocycles. The van der Waals surface area contributed by atoms with Gasteiger partial charge in [0.2, 0.25) is 0 Å². The second-order valence-corrected chi connectivity index (χ2v) is 30.0. The maximum absolute atomic E-state index is 2.53. The molecule has 16 aromatic rings. The van der Waals surface area contributed by atoms with E-state index in [1.165, 1.54) is 121 Å². The third-order valence-electron chi connectivity index (χ3n) is 21.2. The highest BCUT2D eigenvalue weighted by Crippen LogP contribution is 2.56. The number of aryl methyl sites for hydroxylation is 2. The third kappa shape index (κ3) is 10.4. The SMILES string of the molecule is Cc1ccc(N(c2ccc(-n3c4ccc(C(C)(C)C)cc4c4cc(C(C)(C)C)ccc43)cc2)c2cc3c(c4ccccc24)-c2ccc(N(c4ccc(-c5ccccc5)cc4)c4cccc(-n5c6ccc(-c7ccccc7)cc6c6cc(-c7ccccc7)ccc65)c4)cc2C3(C)C)c(C)c1. The van der Waals surface area contributed by atoms with Crippen LogP contribution in [0.1, 0.15) is 88.8 Å². The van der Waals surface area contributed by atoms with Crippen LogP contribution in [0.15, 0.2) is 303 Å². The lowest BCUT2D eigenvalue weighted by molar-refractivity contribution is 0.590. The third-order valence-corrected chi connectivity index (χ3v) is 21.2. The molecule has 0 amide bonds. The molecule has 4 nitrogen and oxygen atoms in total. The summed E-state index contributed by atoms with van der Waals surface area (Å²) in [5.41, 5.74) is 30.7. The van der Waals surface area contributed by atoms with Gasteiger partial charge in [0.25, 0.3) is 0 Å². The molecule has 1 aliphatic carbocycles. The number of rotatable bonds is 11. The second kappa shape index (κ2) is 23.4. The summed E-state index contributed by atoms with van der Waals surface area (Å²) in [5.74, 6) is 0. The summed E-state index contributed by atoms with van der Waals surface area (Å²) in [7, 11) is 0. The Morgan fingerprint density at radius 3 is 1.30 bits per heavy atom. The van der Waals surface area contributed by atoms with E-state index in [0.717, 1.165) is 56.5 Å². The van der Waals surface area contributed by atoms with Crippen molar-refractivity contribution in [1.82, 2.24) is 9.13 Å². The number of hydrogen-bond acceptors (Lipinski definition) is 2. The first-order valence-corrected chi connectivity index (χ1v) is 35.0. The molecule has 0 fully saturated rings. The smallest absolute Gasteiger partial charge is 0.0543 e. The van der Waals surface area contributed by atoms with Crippen LogP contribution in [-0.2, 0) is 16.2 Å². The van der Waals surface area contributed by atoms with Crippen LogP contribution in [0.5, 0.6) is 0 Å². The second-order valence-electron chi connectivity index (χ2n) is 30.0. The van der Waals surface area contributed by atoms with Gasteiger partial charge in [-0.2, -0.15) is 0 Å². The van der Waals surface area contributed by atoms with Crippen LogP contribution >= 0.6 is 0 Å². The average Bonchev–Trinajstić information content (AvgIpc) is 1.60.